The van der Waals surface area contributed by atoms with Gasteiger partial charge in [-0.3, -0.25) is 14.0 Å². The van der Waals surface area contributed by atoms with E-state index in [0.29, 0.717) is 24.0 Å². The molecule has 0 aliphatic rings. The average molecular weight is 250 g/mol. The predicted octanol–water partition coefficient (Wildman–Crippen LogP) is 0.681. The summed E-state index contributed by atoms with van der Waals surface area (Å²) in [6.07, 6.45) is 5.02. The normalized spacial score (nSPS) is 13.1. The van der Waals surface area contributed by atoms with Crippen LogP contribution in [0.2, 0.25) is 0 Å². The van der Waals surface area contributed by atoms with Gasteiger partial charge in [0.05, 0.1) is 18.6 Å². The fourth-order valence-electron chi connectivity index (χ4n) is 1.93. The van der Waals surface area contributed by atoms with Crippen molar-refractivity contribution < 1.29 is 5.11 Å². The van der Waals surface area contributed by atoms with Gasteiger partial charge in [0.2, 0.25) is 0 Å². The first-order valence-electron chi connectivity index (χ1n) is 6.18. The Morgan fingerprint density at radius 2 is 2.28 bits per heavy atom. The Hall–Kier alpha value is -1.69. The molecule has 98 valence electrons. The van der Waals surface area contributed by atoms with Crippen molar-refractivity contribution in [2.45, 2.75) is 38.8 Å². The topological polar surface area (TPSA) is 72.9 Å². The number of aliphatic hydroxyl groups excluding tert-OH is 1. The molecule has 1 atom stereocenters. The molecule has 0 fully saturated rings. The largest absolute Gasteiger partial charge is 0.393 e. The van der Waals surface area contributed by atoms with Crippen LogP contribution < -0.4 is 5.56 Å². The molecule has 6 nitrogen and oxygen atoms in total. The molecule has 2 rings (SSSR count). The lowest BCUT2D eigenvalue weighted by Crippen LogP contribution is -2.21. The van der Waals surface area contributed by atoms with E-state index in [1.807, 2.05) is 6.92 Å². The van der Waals surface area contributed by atoms with Crippen LogP contribution >= 0.6 is 0 Å². The molecule has 0 bridgehead atoms. The van der Waals surface area contributed by atoms with Crippen molar-refractivity contribution in [2.24, 2.45) is 7.05 Å². The van der Waals surface area contributed by atoms with Gasteiger partial charge in [-0.1, -0.05) is 6.92 Å². The predicted molar refractivity (Wildman–Crippen MR) is 68.3 cm³/mol. The minimum absolute atomic E-state index is 0.0703. The van der Waals surface area contributed by atoms with Crippen molar-refractivity contribution >= 4 is 11.0 Å². The van der Waals surface area contributed by atoms with Gasteiger partial charge in [0.1, 0.15) is 5.39 Å². The molecule has 18 heavy (non-hydrogen) atoms. The summed E-state index contributed by atoms with van der Waals surface area (Å²) >= 11 is 0. The quantitative estimate of drug-likeness (QED) is 0.847. The maximum Gasteiger partial charge on any atom is 0.264 e. The minimum atomic E-state index is -0.282. The third-order valence-electron chi connectivity index (χ3n) is 3.13. The van der Waals surface area contributed by atoms with Crippen molar-refractivity contribution in [2.75, 3.05) is 0 Å². The molecule has 0 spiro atoms. The molecule has 1 N–H and O–H groups in total. The number of hydrogen-bond acceptors (Lipinski definition) is 4. The summed E-state index contributed by atoms with van der Waals surface area (Å²) in [5.41, 5.74) is 0.531. The van der Waals surface area contributed by atoms with Crippen molar-refractivity contribution in [3.05, 3.63) is 22.9 Å². The van der Waals surface area contributed by atoms with Crippen LogP contribution in [0, 0.1) is 0 Å². The van der Waals surface area contributed by atoms with Crippen LogP contribution in [0.3, 0.4) is 0 Å². The molecule has 0 aromatic carbocycles. The molecule has 0 radical (unpaired) electrons. The summed E-state index contributed by atoms with van der Waals surface area (Å²) in [5, 5.41) is 14.0. The SMILES string of the molecule is CCC(O)CCCn1cnc2c(cnn2C)c1=O. The lowest BCUT2D eigenvalue weighted by molar-refractivity contribution is 0.155. The summed E-state index contributed by atoms with van der Waals surface area (Å²) in [4.78, 5) is 16.3. The zero-order valence-electron chi connectivity index (χ0n) is 10.7. The van der Waals surface area contributed by atoms with Gasteiger partial charge in [-0.25, -0.2) is 4.98 Å². The first-order chi connectivity index (χ1) is 8.63. The third-order valence-corrected chi connectivity index (χ3v) is 3.13. The van der Waals surface area contributed by atoms with Crippen LogP contribution in [0.1, 0.15) is 26.2 Å². The molecule has 2 aromatic heterocycles. The number of fused-ring (bicyclic) bond motifs is 1. The average Bonchev–Trinajstić information content (AvgIpc) is 2.74. The van der Waals surface area contributed by atoms with E-state index < -0.39 is 0 Å². The van der Waals surface area contributed by atoms with Crippen molar-refractivity contribution in [3.63, 3.8) is 0 Å². The first-order valence-corrected chi connectivity index (χ1v) is 6.18. The third kappa shape index (κ3) is 2.43. The number of aromatic nitrogens is 4. The number of aliphatic hydroxyl groups is 1. The first kappa shape index (κ1) is 12.8. The van der Waals surface area contributed by atoms with E-state index in [0.717, 1.165) is 12.8 Å². The lowest BCUT2D eigenvalue weighted by Gasteiger charge is -2.08. The molecule has 2 heterocycles. The highest BCUT2D eigenvalue weighted by Crippen LogP contribution is 2.05. The fourth-order valence-corrected chi connectivity index (χ4v) is 1.93. The zero-order valence-corrected chi connectivity index (χ0v) is 10.7. The van der Waals surface area contributed by atoms with Crippen molar-refractivity contribution in [1.82, 2.24) is 19.3 Å². The Morgan fingerprint density at radius 1 is 1.50 bits per heavy atom. The Bertz CT molecular complexity index is 587. The van der Waals surface area contributed by atoms with Crippen LogP contribution in [0.25, 0.3) is 11.0 Å². The molecular weight excluding hydrogens is 232 g/mol. The fraction of sp³-hybridized carbons (Fsp3) is 0.583. The van der Waals surface area contributed by atoms with Crippen LogP contribution in [-0.4, -0.2) is 30.5 Å². The molecule has 6 heteroatoms. The van der Waals surface area contributed by atoms with Crippen LogP contribution in [0.15, 0.2) is 17.3 Å². The van der Waals surface area contributed by atoms with Crippen LogP contribution in [-0.2, 0) is 13.6 Å². The minimum Gasteiger partial charge on any atom is -0.393 e. The molecule has 0 aliphatic heterocycles. The van der Waals surface area contributed by atoms with Crippen LogP contribution in [0.5, 0.6) is 0 Å². The molecule has 1 unspecified atom stereocenters. The van der Waals surface area contributed by atoms with Gasteiger partial charge in [0, 0.05) is 13.6 Å². The van der Waals surface area contributed by atoms with Gasteiger partial charge in [-0.05, 0) is 19.3 Å². The van der Waals surface area contributed by atoms with E-state index in [1.54, 1.807) is 28.8 Å². The molecule has 0 amide bonds. The van der Waals surface area contributed by atoms with Gasteiger partial charge in [0.15, 0.2) is 5.65 Å². The van der Waals surface area contributed by atoms with E-state index in [-0.39, 0.29) is 11.7 Å². The smallest absolute Gasteiger partial charge is 0.264 e. The zero-order chi connectivity index (χ0) is 13.1. The summed E-state index contributed by atoms with van der Waals surface area (Å²) < 4.78 is 3.16. The molecule has 2 aromatic rings. The standard InChI is InChI=1S/C12H18N4O2/c1-3-9(17)5-4-6-16-8-13-11-10(12(16)18)7-14-15(11)2/h7-9,17H,3-6H2,1-2H3. The van der Waals surface area contributed by atoms with Gasteiger partial charge in [-0.15, -0.1) is 0 Å². The number of rotatable bonds is 5. The van der Waals surface area contributed by atoms with Crippen LogP contribution in [0.4, 0.5) is 0 Å². The highest BCUT2D eigenvalue weighted by molar-refractivity contribution is 5.72. The van der Waals surface area contributed by atoms with E-state index in [9.17, 15) is 9.90 Å². The van der Waals surface area contributed by atoms with E-state index in [4.69, 9.17) is 0 Å². The maximum atomic E-state index is 12.1. The van der Waals surface area contributed by atoms with Gasteiger partial charge < -0.3 is 5.11 Å². The Labute approximate surface area is 105 Å². The summed E-state index contributed by atoms with van der Waals surface area (Å²) in [6.45, 7) is 2.52. The molecular formula is C12H18N4O2. The van der Waals surface area contributed by atoms with E-state index in [1.165, 1.54) is 0 Å². The van der Waals surface area contributed by atoms with Gasteiger partial charge >= 0.3 is 0 Å². The van der Waals surface area contributed by atoms with E-state index in [2.05, 4.69) is 10.1 Å². The van der Waals surface area contributed by atoms with E-state index >= 15 is 0 Å². The Morgan fingerprint density at radius 3 is 3.00 bits per heavy atom. The second kappa shape index (κ2) is 5.30. The maximum absolute atomic E-state index is 12.1. The lowest BCUT2D eigenvalue weighted by atomic mass is 10.1. The van der Waals surface area contributed by atoms with Gasteiger partial charge in [0.25, 0.3) is 5.56 Å². The monoisotopic (exact) mass is 250 g/mol. The molecule has 0 saturated heterocycles. The van der Waals surface area contributed by atoms with Crippen molar-refractivity contribution in [1.29, 1.82) is 0 Å². The molecule has 0 saturated carbocycles. The number of aryl methyl sites for hydroxylation is 2. The number of hydrogen-bond donors (Lipinski definition) is 1. The Balaban J connectivity index is 2.15. The highest BCUT2D eigenvalue weighted by atomic mass is 16.3. The summed E-state index contributed by atoms with van der Waals surface area (Å²) in [7, 11) is 1.76. The van der Waals surface area contributed by atoms with Crippen molar-refractivity contribution in [3.8, 4) is 0 Å². The number of nitrogens with zero attached hydrogens (tertiary/aromatic N) is 4. The summed E-state index contributed by atoms with van der Waals surface area (Å²) in [6, 6.07) is 0. The Kier molecular flexibility index (Phi) is 3.76. The second-order valence-corrected chi connectivity index (χ2v) is 4.45. The summed E-state index contributed by atoms with van der Waals surface area (Å²) in [5.74, 6) is 0. The molecule has 0 aliphatic carbocycles. The van der Waals surface area contributed by atoms with Gasteiger partial charge in [-0.2, -0.15) is 5.10 Å². The second-order valence-electron chi connectivity index (χ2n) is 4.45. The highest BCUT2D eigenvalue weighted by Gasteiger charge is 2.08.